The number of anilines is 1. The van der Waals surface area contributed by atoms with Crippen LogP contribution in [-0.4, -0.2) is 35.9 Å². The molecule has 1 saturated heterocycles. The molecule has 3 N–H and O–H groups in total. The largest absolute Gasteiger partial charge is 0.382 e. The van der Waals surface area contributed by atoms with E-state index >= 15 is 0 Å². The van der Waals surface area contributed by atoms with E-state index in [0.717, 1.165) is 5.69 Å². The summed E-state index contributed by atoms with van der Waals surface area (Å²) in [7, 11) is 0. The molecule has 0 aromatic carbocycles. The number of hydrogen-bond acceptors (Lipinski definition) is 5. The monoisotopic (exact) mass is 251 g/mol. The van der Waals surface area contributed by atoms with Crippen molar-refractivity contribution in [3.8, 4) is 0 Å². The van der Waals surface area contributed by atoms with Crippen molar-refractivity contribution in [2.45, 2.75) is 25.7 Å². The maximum atomic E-state index is 11.0. The fourth-order valence-electron chi connectivity index (χ4n) is 1.77. The molecule has 1 aliphatic rings. The SMILES string of the molecule is CC1(C)OCC(CNc2ccnc(C(N)=O)c2)O1. The Kier molecular flexibility index (Phi) is 3.49. The van der Waals surface area contributed by atoms with Gasteiger partial charge in [-0.05, 0) is 26.0 Å². The van der Waals surface area contributed by atoms with Crippen LogP contribution in [0.3, 0.4) is 0 Å². The van der Waals surface area contributed by atoms with Gasteiger partial charge in [-0.1, -0.05) is 0 Å². The van der Waals surface area contributed by atoms with E-state index in [4.69, 9.17) is 15.2 Å². The molecular weight excluding hydrogens is 234 g/mol. The Bertz CT molecular complexity index is 448. The van der Waals surface area contributed by atoms with Gasteiger partial charge in [-0.25, -0.2) is 0 Å². The van der Waals surface area contributed by atoms with E-state index in [-0.39, 0.29) is 11.8 Å². The van der Waals surface area contributed by atoms with Crippen LogP contribution in [0.1, 0.15) is 24.3 Å². The molecule has 1 aliphatic heterocycles. The van der Waals surface area contributed by atoms with Crippen molar-refractivity contribution >= 4 is 11.6 Å². The summed E-state index contributed by atoms with van der Waals surface area (Å²) in [4.78, 5) is 14.9. The van der Waals surface area contributed by atoms with Crippen LogP contribution in [0.4, 0.5) is 5.69 Å². The quantitative estimate of drug-likeness (QED) is 0.824. The van der Waals surface area contributed by atoms with Crippen LogP contribution < -0.4 is 11.1 Å². The van der Waals surface area contributed by atoms with Crippen molar-refractivity contribution in [2.24, 2.45) is 5.73 Å². The van der Waals surface area contributed by atoms with Crippen LogP contribution in [-0.2, 0) is 9.47 Å². The molecule has 1 unspecified atom stereocenters. The molecule has 1 aromatic rings. The van der Waals surface area contributed by atoms with Crippen LogP contribution >= 0.6 is 0 Å². The molecule has 0 spiro atoms. The van der Waals surface area contributed by atoms with Crippen molar-refractivity contribution in [2.75, 3.05) is 18.5 Å². The third kappa shape index (κ3) is 3.18. The first-order valence-corrected chi connectivity index (χ1v) is 5.78. The van der Waals surface area contributed by atoms with Crippen LogP contribution in [0, 0.1) is 0 Å². The van der Waals surface area contributed by atoms with Gasteiger partial charge >= 0.3 is 0 Å². The van der Waals surface area contributed by atoms with E-state index in [2.05, 4.69) is 10.3 Å². The maximum Gasteiger partial charge on any atom is 0.267 e. The van der Waals surface area contributed by atoms with E-state index in [0.29, 0.717) is 13.2 Å². The highest BCUT2D eigenvalue weighted by Gasteiger charge is 2.32. The summed E-state index contributed by atoms with van der Waals surface area (Å²) >= 11 is 0. The number of nitrogens with two attached hydrogens (primary N) is 1. The Labute approximate surface area is 105 Å². The molecule has 2 heterocycles. The lowest BCUT2D eigenvalue weighted by Gasteiger charge is -2.17. The Morgan fingerprint density at radius 1 is 1.67 bits per heavy atom. The first-order chi connectivity index (χ1) is 8.46. The lowest BCUT2D eigenvalue weighted by molar-refractivity contribution is -0.136. The summed E-state index contributed by atoms with van der Waals surface area (Å²) in [6, 6.07) is 3.39. The van der Waals surface area contributed by atoms with Gasteiger partial charge in [0.05, 0.1) is 6.61 Å². The summed E-state index contributed by atoms with van der Waals surface area (Å²) in [5.74, 6) is -1.07. The molecule has 1 amide bonds. The average molecular weight is 251 g/mol. The summed E-state index contributed by atoms with van der Waals surface area (Å²) < 4.78 is 11.1. The van der Waals surface area contributed by atoms with Gasteiger partial charge in [0.1, 0.15) is 11.8 Å². The highest BCUT2D eigenvalue weighted by molar-refractivity contribution is 5.91. The predicted octanol–water partition coefficient (Wildman–Crippen LogP) is 0.744. The number of hydrogen-bond donors (Lipinski definition) is 2. The van der Waals surface area contributed by atoms with Crippen LogP contribution in [0.15, 0.2) is 18.3 Å². The molecule has 0 aliphatic carbocycles. The van der Waals surface area contributed by atoms with Crippen molar-refractivity contribution in [1.29, 1.82) is 0 Å². The van der Waals surface area contributed by atoms with Gasteiger partial charge in [0, 0.05) is 18.4 Å². The molecule has 98 valence electrons. The second-order valence-electron chi connectivity index (χ2n) is 4.63. The Hall–Kier alpha value is -1.66. The van der Waals surface area contributed by atoms with Crippen LogP contribution in [0.5, 0.6) is 0 Å². The average Bonchev–Trinajstić information content (AvgIpc) is 2.67. The van der Waals surface area contributed by atoms with Gasteiger partial charge in [0.15, 0.2) is 5.79 Å². The highest BCUT2D eigenvalue weighted by Crippen LogP contribution is 2.22. The number of ether oxygens (including phenoxy) is 2. The molecule has 6 heteroatoms. The fraction of sp³-hybridized carbons (Fsp3) is 0.500. The van der Waals surface area contributed by atoms with E-state index in [9.17, 15) is 4.79 Å². The number of carbonyl (C=O) groups excluding carboxylic acids is 1. The molecule has 6 nitrogen and oxygen atoms in total. The van der Waals surface area contributed by atoms with Gasteiger partial charge < -0.3 is 20.5 Å². The first-order valence-electron chi connectivity index (χ1n) is 5.78. The van der Waals surface area contributed by atoms with Crippen molar-refractivity contribution < 1.29 is 14.3 Å². The lowest BCUT2D eigenvalue weighted by Crippen LogP contribution is -2.26. The number of pyridine rings is 1. The molecule has 1 atom stereocenters. The molecular formula is C12H17N3O3. The Morgan fingerprint density at radius 3 is 3.06 bits per heavy atom. The predicted molar refractivity (Wildman–Crippen MR) is 66.1 cm³/mol. The molecule has 0 bridgehead atoms. The second kappa shape index (κ2) is 4.91. The van der Waals surface area contributed by atoms with Gasteiger partial charge in [-0.2, -0.15) is 0 Å². The third-order valence-electron chi connectivity index (χ3n) is 2.61. The lowest BCUT2D eigenvalue weighted by atomic mass is 10.3. The topological polar surface area (TPSA) is 86.5 Å². The maximum absolute atomic E-state index is 11.0. The second-order valence-corrected chi connectivity index (χ2v) is 4.63. The van der Waals surface area contributed by atoms with E-state index in [1.165, 1.54) is 0 Å². The summed E-state index contributed by atoms with van der Waals surface area (Å²) in [5.41, 5.74) is 6.19. The number of carbonyl (C=O) groups is 1. The first kappa shape index (κ1) is 12.8. The van der Waals surface area contributed by atoms with Gasteiger partial charge in [0.2, 0.25) is 0 Å². The number of aromatic nitrogens is 1. The minimum atomic E-state index is -0.541. The summed E-state index contributed by atoms with van der Waals surface area (Å²) in [5, 5.41) is 3.17. The summed E-state index contributed by atoms with van der Waals surface area (Å²) in [6.45, 7) is 4.91. The number of primary amides is 1. The molecule has 2 rings (SSSR count). The van der Waals surface area contributed by atoms with Crippen molar-refractivity contribution in [1.82, 2.24) is 4.98 Å². The van der Waals surface area contributed by atoms with E-state index in [1.807, 2.05) is 13.8 Å². The fourth-order valence-corrected chi connectivity index (χ4v) is 1.77. The van der Waals surface area contributed by atoms with Gasteiger partial charge in [-0.15, -0.1) is 0 Å². The standard InChI is InChI=1S/C12H17N3O3/c1-12(2)17-7-9(18-12)6-15-8-3-4-14-10(5-8)11(13)16/h3-5,9H,6-7H2,1-2H3,(H2,13,16)(H,14,15). The van der Waals surface area contributed by atoms with E-state index < -0.39 is 11.7 Å². The van der Waals surface area contributed by atoms with Crippen LogP contribution in [0.25, 0.3) is 0 Å². The normalized spacial score (nSPS) is 21.8. The minimum Gasteiger partial charge on any atom is -0.382 e. The molecule has 0 radical (unpaired) electrons. The number of nitrogens with one attached hydrogen (secondary N) is 1. The molecule has 1 fully saturated rings. The molecule has 18 heavy (non-hydrogen) atoms. The van der Waals surface area contributed by atoms with Crippen molar-refractivity contribution in [3.63, 3.8) is 0 Å². The summed E-state index contributed by atoms with van der Waals surface area (Å²) in [6.07, 6.45) is 1.53. The molecule has 0 saturated carbocycles. The zero-order valence-corrected chi connectivity index (χ0v) is 10.5. The number of rotatable bonds is 4. The Morgan fingerprint density at radius 2 is 2.44 bits per heavy atom. The highest BCUT2D eigenvalue weighted by atomic mass is 16.7. The third-order valence-corrected chi connectivity index (χ3v) is 2.61. The Balaban J connectivity index is 1.91. The smallest absolute Gasteiger partial charge is 0.267 e. The van der Waals surface area contributed by atoms with Crippen molar-refractivity contribution in [3.05, 3.63) is 24.0 Å². The van der Waals surface area contributed by atoms with Crippen LogP contribution in [0.2, 0.25) is 0 Å². The van der Waals surface area contributed by atoms with E-state index in [1.54, 1.807) is 18.3 Å². The van der Waals surface area contributed by atoms with Gasteiger partial charge in [0.25, 0.3) is 5.91 Å². The zero-order chi connectivity index (χ0) is 13.2. The zero-order valence-electron chi connectivity index (χ0n) is 10.5. The number of amides is 1. The number of nitrogens with zero attached hydrogens (tertiary/aromatic N) is 1. The van der Waals surface area contributed by atoms with Gasteiger partial charge in [-0.3, -0.25) is 9.78 Å². The molecule has 1 aromatic heterocycles. The minimum absolute atomic E-state index is 0.00908.